The number of carbonyl (C=O) groups excluding carboxylic acids is 1. The zero-order valence-corrected chi connectivity index (χ0v) is 14.8. The maximum atomic E-state index is 12.0. The number of piperidine rings is 1. The lowest BCUT2D eigenvalue weighted by atomic mass is 9.88. The number of aryl methyl sites for hydroxylation is 1. The minimum absolute atomic E-state index is 0.0868. The van der Waals surface area contributed by atoms with Gasteiger partial charge in [-0.2, -0.15) is 0 Å². The molecule has 2 aliphatic rings. The number of aromatic nitrogens is 2. The van der Waals surface area contributed by atoms with Crippen molar-refractivity contribution in [3.8, 4) is 0 Å². The molecular formula is C17H21N3O3S. The second-order valence-corrected chi connectivity index (χ2v) is 7.55. The molecule has 2 saturated heterocycles. The van der Waals surface area contributed by atoms with Crippen molar-refractivity contribution in [3.63, 3.8) is 0 Å². The zero-order valence-electron chi connectivity index (χ0n) is 14.0. The van der Waals surface area contributed by atoms with Crippen LogP contribution in [0.15, 0.2) is 6.33 Å². The van der Waals surface area contributed by atoms with Gasteiger partial charge in [-0.15, -0.1) is 11.3 Å². The van der Waals surface area contributed by atoms with Crippen LogP contribution in [0, 0.1) is 6.92 Å². The van der Waals surface area contributed by atoms with Crippen LogP contribution in [0.4, 0.5) is 5.82 Å². The first-order valence-electron chi connectivity index (χ1n) is 8.35. The third-order valence-electron chi connectivity index (χ3n) is 5.24. The molecule has 0 N–H and O–H groups in total. The van der Waals surface area contributed by atoms with Crippen LogP contribution in [0.3, 0.4) is 0 Å². The van der Waals surface area contributed by atoms with Gasteiger partial charge in [0.2, 0.25) is 0 Å². The summed E-state index contributed by atoms with van der Waals surface area (Å²) in [7, 11) is 1.41. The Morgan fingerprint density at radius 3 is 2.79 bits per heavy atom. The summed E-state index contributed by atoms with van der Waals surface area (Å²) in [6, 6.07) is 0. The molecule has 0 saturated carbocycles. The summed E-state index contributed by atoms with van der Waals surface area (Å²) in [5.41, 5.74) is 0.999. The first kappa shape index (κ1) is 15.8. The summed E-state index contributed by atoms with van der Waals surface area (Å²) >= 11 is 1.38. The summed E-state index contributed by atoms with van der Waals surface area (Å²) < 4.78 is 10.9. The second-order valence-electron chi connectivity index (χ2n) is 6.55. The van der Waals surface area contributed by atoms with Crippen LogP contribution in [-0.2, 0) is 9.47 Å². The van der Waals surface area contributed by atoms with Crippen LogP contribution in [0.5, 0.6) is 0 Å². The third-order valence-corrected chi connectivity index (χ3v) is 6.42. The lowest BCUT2D eigenvalue weighted by molar-refractivity contribution is -0.0146. The number of hydrogen-bond acceptors (Lipinski definition) is 7. The number of fused-ring (bicyclic) bond motifs is 1. The number of anilines is 1. The van der Waals surface area contributed by atoms with Crippen molar-refractivity contribution < 1.29 is 14.3 Å². The van der Waals surface area contributed by atoms with E-state index in [9.17, 15) is 4.79 Å². The molecule has 24 heavy (non-hydrogen) atoms. The van der Waals surface area contributed by atoms with E-state index < -0.39 is 0 Å². The van der Waals surface area contributed by atoms with Gasteiger partial charge in [-0.3, -0.25) is 0 Å². The second kappa shape index (κ2) is 5.97. The SMILES string of the molecule is COC(=O)c1sc2ncnc(N3CCC4(CCCO4)CC3)c2c1C. The van der Waals surface area contributed by atoms with Gasteiger partial charge in [0.1, 0.15) is 21.9 Å². The predicted molar refractivity (Wildman–Crippen MR) is 92.9 cm³/mol. The van der Waals surface area contributed by atoms with Crippen LogP contribution in [0.2, 0.25) is 0 Å². The molecule has 128 valence electrons. The maximum Gasteiger partial charge on any atom is 0.348 e. The first-order valence-corrected chi connectivity index (χ1v) is 9.16. The summed E-state index contributed by atoms with van der Waals surface area (Å²) in [5, 5.41) is 0.978. The molecule has 6 nitrogen and oxygen atoms in total. The fourth-order valence-electron chi connectivity index (χ4n) is 3.86. The number of carbonyl (C=O) groups is 1. The van der Waals surface area contributed by atoms with Gasteiger partial charge in [-0.1, -0.05) is 0 Å². The van der Waals surface area contributed by atoms with E-state index in [1.807, 2.05) is 6.92 Å². The molecule has 0 unspecified atom stereocenters. The van der Waals surface area contributed by atoms with Gasteiger partial charge >= 0.3 is 5.97 Å². The molecule has 2 aliphatic heterocycles. The lowest BCUT2D eigenvalue weighted by Crippen LogP contribution is -2.44. The van der Waals surface area contributed by atoms with Gasteiger partial charge < -0.3 is 14.4 Å². The molecule has 0 aliphatic carbocycles. The van der Waals surface area contributed by atoms with Crippen molar-refractivity contribution in [3.05, 3.63) is 16.8 Å². The van der Waals surface area contributed by atoms with E-state index in [1.165, 1.54) is 31.3 Å². The predicted octanol–water partition coefficient (Wildman–Crippen LogP) is 2.94. The Bertz CT molecular complexity index is 773. The Labute approximate surface area is 144 Å². The normalized spacial score (nSPS) is 20.0. The van der Waals surface area contributed by atoms with Crippen molar-refractivity contribution in [1.29, 1.82) is 0 Å². The summed E-state index contributed by atoms with van der Waals surface area (Å²) in [4.78, 5) is 24.6. The number of esters is 1. The van der Waals surface area contributed by atoms with Crippen molar-refractivity contribution in [2.45, 2.75) is 38.2 Å². The minimum atomic E-state index is -0.307. The average Bonchev–Trinajstić information content (AvgIpc) is 3.20. The van der Waals surface area contributed by atoms with Crippen LogP contribution in [0.25, 0.3) is 10.2 Å². The van der Waals surface area contributed by atoms with Crippen LogP contribution in [0.1, 0.15) is 40.9 Å². The minimum Gasteiger partial charge on any atom is -0.465 e. The number of thiophene rings is 1. The molecule has 0 aromatic carbocycles. The number of rotatable bonds is 2. The maximum absolute atomic E-state index is 12.0. The zero-order chi connectivity index (χ0) is 16.7. The molecule has 0 amide bonds. The molecule has 4 heterocycles. The van der Waals surface area contributed by atoms with Crippen molar-refractivity contribution in [2.24, 2.45) is 0 Å². The van der Waals surface area contributed by atoms with Crippen LogP contribution >= 0.6 is 11.3 Å². The number of hydrogen-bond donors (Lipinski definition) is 0. The van der Waals surface area contributed by atoms with Crippen molar-refractivity contribution in [2.75, 3.05) is 31.7 Å². The van der Waals surface area contributed by atoms with Crippen LogP contribution < -0.4 is 4.90 Å². The highest BCUT2D eigenvalue weighted by Gasteiger charge is 2.39. The van der Waals surface area contributed by atoms with E-state index in [0.29, 0.717) is 4.88 Å². The largest absolute Gasteiger partial charge is 0.465 e. The summed E-state index contributed by atoms with van der Waals surface area (Å²) in [6.45, 7) is 4.69. The average molecular weight is 347 g/mol. The highest BCUT2D eigenvalue weighted by Crippen LogP contribution is 2.40. The summed E-state index contributed by atoms with van der Waals surface area (Å²) in [5.74, 6) is 0.621. The topological polar surface area (TPSA) is 64.5 Å². The van der Waals surface area contributed by atoms with Gasteiger partial charge in [0.25, 0.3) is 0 Å². The van der Waals surface area contributed by atoms with E-state index in [-0.39, 0.29) is 11.6 Å². The van der Waals surface area contributed by atoms with Crippen molar-refractivity contribution in [1.82, 2.24) is 9.97 Å². The molecule has 7 heteroatoms. The molecule has 2 aromatic rings. The Morgan fingerprint density at radius 2 is 2.12 bits per heavy atom. The smallest absolute Gasteiger partial charge is 0.348 e. The monoisotopic (exact) mass is 347 g/mol. The van der Waals surface area contributed by atoms with E-state index >= 15 is 0 Å². The van der Waals surface area contributed by atoms with Crippen LogP contribution in [-0.4, -0.2) is 48.3 Å². The molecule has 2 aromatic heterocycles. The Balaban J connectivity index is 1.67. The van der Waals surface area contributed by atoms with Gasteiger partial charge in [0.15, 0.2) is 0 Å². The van der Waals surface area contributed by atoms with Gasteiger partial charge in [0, 0.05) is 19.7 Å². The Hall–Kier alpha value is -1.73. The number of nitrogens with zero attached hydrogens (tertiary/aromatic N) is 3. The standard InChI is InChI=1S/C17H21N3O3S/c1-11-12-14(18-10-19-15(12)24-13(11)16(21)22-2)20-7-5-17(6-8-20)4-3-9-23-17/h10H,3-9H2,1-2H3. The molecule has 0 bridgehead atoms. The molecule has 0 radical (unpaired) electrons. The first-order chi connectivity index (χ1) is 11.6. The molecule has 1 spiro atoms. The van der Waals surface area contributed by atoms with E-state index in [0.717, 1.165) is 54.1 Å². The van der Waals surface area contributed by atoms with Gasteiger partial charge in [-0.05, 0) is 38.2 Å². The molecule has 4 rings (SSSR count). The fraction of sp³-hybridized carbons (Fsp3) is 0.588. The highest BCUT2D eigenvalue weighted by molar-refractivity contribution is 7.20. The summed E-state index contributed by atoms with van der Waals surface area (Å²) in [6.07, 6.45) is 6.00. The third kappa shape index (κ3) is 2.46. The quantitative estimate of drug-likeness (QED) is 0.778. The lowest BCUT2D eigenvalue weighted by Gasteiger charge is -2.39. The number of ether oxygens (including phenoxy) is 2. The highest BCUT2D eigenvalue weighted by atomic mass is 32.1. The van der Waals surface area contributed by atoms with Gasteiger partial charge in [-0.25, -0.2) is 14.8 Å². The van der Waals surface area contributed by atoms with E-state index in [2.05, 4.69) is 14.9 Å². The molecule has 2 fully saturated rings. The molecule has 0 atom stereocenters. The van der Waals surface area contributed by atoms with Crippen molar-refractivity contribution >= 4 is 33.3 Å². The molecular weight excluding hydrogens is 326 g/mol. The van der Waals surface area contributed by atoms with Gasteiger partial charge in [0.05, 0.1) is 18.1 Å². The number of methoxy groups -OCH3 is 1. The Morgan fingerprint density at radius 1 is 1.33 bits per heavy atom. The Kier molecular flexibility index (Phi) is 3.92. The fourth-order valence-corrected chi connectivity index (χ4v) is 4.92. The van der Waals surface area contributed by atoms with E-state index in [4.69, 9.17) is 9.47 Å². The van der Waals surface area contributed by atoms with E-state index in [1.54, 1.807) is 6.33 Å².